The van der Waals surface area contributed by atoms with E-state index in [0.29, 0.717) is 0 Å². The predicted molar refractivity (Wildman–Crippen MR) is 171 cm³/mol. The van der Waals surface area contributed by atoms with Crippen LogP contribution in [0.2, 0.25) is 0 Å². The highest BCUT2D eigenvalue weighted by Gasteiger charge is 1.98. The number of hydrogen-bond acceptors (Lipinski definition) is 4. The van der Waals surface area contributed by atoms with E-state index >= 15 is 0 Å². The van der Waals surface area contributed by atoms with Gasteiger partial charge in [-0.25, -0.2) is 0 Å². The van der Waals surface area contributed by atoms with Crippen molar-refractivity contribution in [2.24, 2.45) is 0 Å². The Labute approximate surface area is 246 Å². The zero-order valence-electron chi connectivity index (χ0n) is 21.6. The van der Waals surface area contributed by atoms with Gasteiger partial charge in [0.15, 0.2) is 10.2 Å². The van der Waals surface area contributed by atoms with Crippen molar-refractivity contribution in [1.29, 1.82) is 0 Å². The highest BCUT2D eigenvalue weighted by Crippen LogP contribution is 1.98. The molecule has 0 fully saturated rings. The van der Waals surface area contributed by atoms with Gasteiger partial charge >= 0.3 is 0 Å². The van der Waals surface area contributed by atoms with E-state index in [1.54, 1.807) is 0 Å². The highest BCUT2D eigenvalue weighted by molar-refractivity contribution is 7.80. The van der Waals surface area contributed by atoms with Crippen LogP contribution in [0.1, 0.15) is 43.2 Å². The molecule has 208 valence electrons. The lowest BCUT2D eigenvalue weighted by molar-refractivity contribution is 0.557. The van der Waals surface area contributed by atoms with Crippen molar-refractivity contribution in [3.63, 3.8) is 0 Å². The molecule has 0 aliphatic rings. The molecule has 2 aromatic rings. The maximum atomic E-state index is 5.32. The third-order valence-corrected chi connectivity index (χ3v) is 6.01. The fourth-order valence-electron chi connectivity index (χ4n) is 3.44. The van der Waals surface area contributed by atoms with Gasteiger partial charge in [-0.2, -0.15) is 0 Å². The monoisotopic (exact) mass is 586 g/mol. The van der Waals surface area contributed by atoms with Crippen LogP contribution >= 0.6 is 49.2 Å². The van der Waals surface area contributed by atoms with Gasteiger partial charge < -0.3 is 31.9 Å². The van der Waals surface area contributed by atoms with Crippen LogP contribution in [-0.2, 0) is 13.1 Å². The summed E-state index contributed by atoms with van der Waals surface area (Å²) in [6.45, 7) is 7.49. The molecule has 2 rings (SSSR count). The van der Waals surface area contributed by atoms with Crippen LogP contribution in [0, 0.1) is 0 Å². The highest BCUT2D eigenvalue weighted by atomic mass is 35.5. The molecule has 0 unspecified atom stereocenters. The zero-order valence-corrected chi connectivity index (χ0v) is 24.9. The topological polar surface area (TPSA) is 72.2 Å². The molecule has 0 heterocycles. The largest absolute Gasteiger partial charge is 0.363 e. The Morgan fingerprint density at radius 2 is 0.838 bits per heavy atom. The molecule has 0 aromatic heterocycles. The molecule has 0 atom stereocenters. The van der Waals surface area contributed by atoms with E-state index in [2.05, 4.69) is 56.2 Å². The normalized spacial score (nSPS) is 9.95. The maximum Gasteiger partial charge on any atom is 0.166 e. The summed E-state index contributed by atoms with van der Waals surface area (Å²) in [7, 11) is 0. The van der Waals surface area contributed by atoms with Crippen molar-refractivity contribution in [2.45, 2.75) is 45.2 Å². The Morgan fingerprint density at radius 1 is 0.459 bits per heavy atom. The van der Waals surface area contributed by atoms with Crippen LogP contribution in [0.15, 0.2) is 60.7 Å². The molecule has 0 bridgehead atoms. The molecule has 10 heteroatoms. The Bertz CT molecular complexity index is 748. The third kappa shape index (κ3) is 20.0. The lowest BCUT2D eigenvalue weighted by Gasteiger charge is -2.11. The van der Waals surface area contributed by atoms with E-state index in [1.807, 2.05) is 36.4 Å². The van der Waals surface area contributed by atoms with Gasteiger partial charge in [-0.1, -0.05) is 67.1 Å². The van der Waals surface area contributed by atoms with Crippen LogP contribution in [0.4, 0.5) is 0 Å². The standard InChI is InChI=1S/C27H42N6S2.2ClH/c34-26(32-22-24-12-4-1-5-13-24)30-20-10-18-28-16-8-3-9-17-29-19-11-21-31-27(35)33-23-25-14-6-2-7-15-25;;/h1-2,4-7,12-15,28-29H,3,8-11,16-23H2,(H2,30,32,34)(H2,31,33,35);2*1H. The van der Waals surface area contributed by atoms with Crippen LogP contribution < -0.4 is 31.9 Å². The third-order valence-electron chi connectivity index (χ3n) is 5.43. The second-order valence-electron chi connectivity index (χ2n) is 8.46. The molecule has 6 nitrogen and oxygen atoms in total. The Balaban J connectivity index is 0.00000648. The number of unbranched alkanes of at least 4 members (excludes halogenated alkanes) is 2. The molecule has 0 aliphatic heterocycles. The van der Waals surface area contributed by atoms with Crippen LogP contribution in [0.5, 0.6) is 0 Å². The maximum absolute atomic E-state index is 5.32. The summed E-state index contributed by atoms with van der Waals surface area (Å²) < 4.78 is 0. The smallest absolute Gasteiger partial charge is 0.166 e. The van der Waals surface area contributed by atoms with Crippen LogP contribution in [-0.4, -0.2) is 49.5 Å². The van der Waals surface area contributed by atoms with E-state index in [-0.39, 0.29) is 24.8 Å². The minimum absolute atomic E-state index is 0. The number of thiocarbonyl (C=S) groups is 2. The van der Waals surface area contributed by atoms with E-state index in [4.69, 9.17) is 24.4 Å². The number of nitrogens with one attached hydrogen (secondary N) is 6. The Kier molecular flexibility index (Phi) is 23.5. The molecular weight excluding hydrogens is 543 g/mol. The number of rotatable bonds is 18. The van der Waals surface area contributed by atoms with Gasteiger partial charge in [-0.3, -0.25) is 0 Å². The quantitative estimate of drug-likeness (QED) is 0.114. The first-order valence-corrected chi connectivity index (χ1v) is 13.6. The van der Waals surface area contributed by atoms with E-state index in [9.17, 15) is 0 Å². The Morgan fingerprint density at radius 3 is 1.24 bits per heavy atom. The van der Waals surface area contributed by atoms with Crippen molar-refractivity contribution in [3.8, 4) is 0 Å². The van der Waals surface area contributed by atoms with Crippen molar-refractivity contribution < 1.29 is 0 Å². The summed E-state index contributed by atoms with van der Waals surface area (Å²) >= 11 is 10.6. The summed E-state index contributed by atoms with van der Waals surface area (Å²) in [5, 5.41) is 21.5. The van der Waals surface area contributed by atoms with E-state index < -0.39 is 0 Å². The fraction of sp³-hybridized carbons (Fsp3) is 0.481. The number of halogens is 2. The SMILES string of the molecule is Cl.Cl.S=C(NCCCNCCCCCNCCCNC(=S)NCc1ccccc1)NCc1ccccc1. The molecule has 0 saturated heterocycles. The second kappa shape index (κ2) is 24.6. The van der Waals surface area contributed by atoms with Gasteiger partial charge in [0, 0.05) is 26.2 Å². The summed E-state index contributed by atoms with van der Waals surface area (Å²) in [5.41, 5.74) is 2.47. The fourth-order valence-corrected chi connectivity index (χ4v) is 3.79. The van der Waals surface area contributed by atoms with Gasteiger partial charge in [0.25, 0.3) is 0 Å². The number of hydrogen-bond donors (Lipinski definition) is 6. The molecule has 2 aromatic carbocycles. The first kappa shape index (κ1) is 35.3. The molecule has 37 heavy (non-hydrogen) atoms. The first-order valence-electron chi connectivity index (χ1n) is 12.8. The molecule has 0 amide bonds. The average Bonchev–Trinajstić information content (AvgIpc) is 2.89. The minimum Gasteiger partial charge on any atom is -0.363 e. The van der Waals surface area contributed by atoms with Crippen molar-refractivity contribution >= 4 is 59.5 Å². The van der Waals surface area contributed by atoms with Gasteiger partial charge in [0.1, 0.15) is 0 Å². The molecule has 0 saturated carbocycles. The van der Waals surface area contributed by atoms with Gasteiger partial charge in [-0.05, 0) is 87.4 Å². The minimum atomic E-state index is 0. The summed E-state index contributed by atoms with van der Waals surface area (Å²) in [6.07, 6.45) is 5.81. The zero-order chi connectivity index (χ0) is 24.8. The lowest BCUT2D eigenvalue weighted by Crippen LogP contribution is -2.36. The predicted octanol–water partition coefficient (Wildman–Crippen LogP) is 4.29. The van der Waals surface area contributed by atoms with E-state index in [1.165, 1.54) is 30.4 Å². The van der Waals surface area contributed by atoms with Crippen molar-refractivity contribution in [2.75, 3.05) is 39.3 Å². The first-order chi connectivity index (χ1) is 17.2. The molecular formula is C27H44Cl2N6S2. The molecule has 0 aliphatic carbocycles. The summed E-state index contributed by atoms with van der Waals surface area (Å²) in [4.78, 5) is 0. The van der Waals surface area contributed by atoms with Gasteiger partial charge in [-0.15, -0.1) is 24.8 Å². The second-order valence-corrected chi connectivity index (χ2v) is 9.27. The van der Waals surface area contributed by atoms with Crippen molar-refractivity contribution in [3.05, 3.63) is 71.8 Å². The summed E-state index contributed by atoms with van der Waals surface area (Å²) in [5.74, 6) is 0. The lowest BCUT2D eigenvalue weighted by atomic mass is 10.2. The van der Waals surface area contributed by atoms with Gasteiger partial charge in [0.2, 0.25) is 0 Å². The Hall–Kier alpha value is -1.68. The van der Waals surface area contributed by atoms with Crippen molar-refractivity contribution in [1.82, 2.24) is 31.9 Å². The van der Waals surface area contributed by atoms with Crippen LogP contribution in [0.25, 0.3) is 0 Å². The molecule has 0 spiro atoms. The summed E-state index contributed by atoms with van der Waals surface area (Å²) in [6, 6.07) is 20.6. The molecule has 6 N–H and O–H groups in total. The van der Waals surface area contributed by atoms with Gasteiger partial charge in [0.05, 0.1) is 0 Å². The number of benzene rings is 2. The average molecular weight is 588 g/mol. The van der Waals surface area contributed by atoms with E-state index in [0.717, 1.165) is 75.4 Å². The van der Waals surface area contributed by atoms with Crippen LogP contribution in [0.3, 0.4) is 0 Å². The molecule has 0 radical (unpaired) electrons.